The third-order valence-electron chi connectivity index (χ3n) is 7.92. The number of carboxylic acids is 1. The zero-order chi connectivity index (χ0) is 24.0. The van der Waals surface area contributed by atoms with Crippen molar-refractivity contribution in [3.05, 3.63) is 59.7 Å². The van der Waals surface area contributed by atoms with E-state index in [4.69, 9.17) is 4.74 Å². The Morgan fingerprint density at radius 3 is 2.26 bits per heavy atom. The number of ether oxygens (including phenoxy) is 1. The maximum absolute atomic E-state index is 13.0. The second-order valence-electron chi connectivity index (χ2n) is 9.81. The first-order chi connectivity index (χ1) is 16.4. The number of benzene rings is 2. The number of fused-ring (bicyclic) bond motifs is 4. The number of hydrogen-bond acceptors (Lipinski definition) is 4. The van der Waals surface area contributed by atoms with Gasteiger partial charge in [0.05, 0.1) is 11.8 Å². The highest BCUT2D eigenvalue weighted by Gasteiger charge is 2.57. The monoisotopic (exact) mass is 462 g/mol. The molecule has 3 aliphatic rings. The van der Waals surface area contributed by atoms with E-state index in [0.717, 1.165) is 17.5 Å². The first-order valence-electron chi connectivity index (χ1n) is 12.0. The van der Waals surface area contributed by atoms with Crippen LogP contribution in [0.4, 0.5) is 4.79 Å². The van der Waals surface area contributed by atoms with Crippen LogP contribution in [0.15, 0.2) is 48.5 Å². The normalized spacial score (nSPS) is 24.3. The summed E-state index contributed by atoms with van der Waals surface area (Å²) in [4.78, 5) is 38.6. The highest BCUT2D eigenvalue weighted by atomic mass is 16.5. The maximum atomic E-state index is 13.0. The standard InChI is InChI=1S/C27H30N2O5/c1-15(25(30)29-12-11-21-22(13-29)24(21)26(31)32)16(2)28-27(33)34-14-23-19-9-5-3-7-17(19)18-8-4-6-10-20(18)23/h3-10,15-16,21-24H,11-14H2,1-2H3,(H,28,33)(H,31,32). The van der Waals surface area contributed by atoms with Crippen molar-refractivity contribution >= 4 is 18.0 Å². The predicted molar refractivity (Wildman–Crippen MR) is 126 cm³/mol. The zero-order valence-electron chi connectivity index (χ0n) is 19.4. The number of carboxylic acid groups (broad SMARTS) is 1. The van der Waals surface area contributed by atoms with Gasteiger partial charge in [-0.25, -0.2) is 4.79 Å². The van der Waals surface area contributed by atoms with Gasteiger partial charge in [-0.05, 0) is 47.4 Å². The van der Waals surface area contributed by atoms with Crippen molar-refractivity contribution in [1.29, 1.82) is 0 Å². The van der Waals surface area contributed by atoms with Gasteiger partial charge in [-0.3, -0.25) is 9.59 Å². The number of nitrogens with one attached hydrogen (secondary N) is 1. The second kappa shape index (κ2) is 8.78. The average Bonchev–Trinajstić information content (AvgIpc) is 3.49. The van der Waals surface area contributed by atoms with Crippen molar-refractivity contribution in [3.63, 3.8) is 0 Å². The molecule has 1 heterocycles. The predicted octanol–water partition coefficient (Wildman–Crippen LogP) is 3.73. The van der Waals surface area contributed by atoms with Gasteiger partial charge in [-0.15, -0.1) is 0 Å². The summed E-state index contributed by atoms with van der Waals surface area (Å²) < 4.78 is 5.61. The highest BCUT2D eigenvalue weighted by molar-refractivity contribution is 5.81. The fourth-order valence-corrected chi connectivity index (χ4v) is 5.76. The number of likely N-dealkylation sites (tertiary alicyclic amines) is 1. The Labute approximate surface area is 199 Å². The molecule has 2 N–H and O–H groups in total. The first kappa shape index (κ1) is 22.4. The second-order valence-corrected chi connectivity index (χ2v) is 9.81. The van der Waals surface area contributed by atoms with Crippen LogP contribution in [-0.4, -0.2) is 53.7 Å². The molecule has 5 rings (SSSR count). The van der Waals surface area contributed by atoms with Crippen LogP contribution in [0, 0.1) is 23.7 Å². The molecule has 2 amide bonds. The van der Waals surface area contributed by atoms with Crippen LogP contribution >= 0.6 is 0 Å². The average molecular weight is 463 g/mol. The largest absolute Gasteiger partial charge is 0.481 e. The van der Waals surface area contributed by atoms with E-state index in [-0.39, 0.29) is 36.2 Å². The minimum Gasteiger partial charge on any atom is -0.481 e. The quantitative estimate of drug-likeness (QED) is 0.682. The molecular formula is C27H30N2O5. The van der Waals surface area contributed by atoms with E-state index in [0.29, 0.717) is 13.1 Å². The summed E-state index contributed by atoms with van der Waals surface area (Å²) in [7, 11) is 0. The van der Waals surface area contributed by atoms with Gasteiger partial charge in [-0.2, -0.15) is 0 Å². The van der Waals surface area contributed by atoms with Crippen molar-refractivity contribution in [2.24, 2.45) is 23.7 Å². The van der Waals surface area contributed by atoms with Gasteiger partial charge >= 0.3 is 12.1 Å². The molecule has 34 heavy (non-hydrogen) atoms. The Kier molecular flexibility index (Phi) is 5.80. The summed E-state index contributed by atoms with van der Waals surface area (Å²) in [5, 5.41) is 12.1. The molecule has 1 saturated carbocycles. The summed E-state index contributed by atoms with van der Waals surface area (Å²) in [5.41, 5.74) is 4.64. The van der Waals surface area contributed by atoms with Gasteiger partial charge in [0.15, 0.2) is 0 Å². The minimum atomic E-state index is -0.761. The van der Waals surface area contributed by atoms with E-state index in [1.165, 1.54) is 11.1 Å². The number of amides is 2. The lowest BCUT2D eigenvalue weighted by Crippen LogP contribution is -2.47. The number of hydrogen-bond donors (Lipinski definition) is 2. The van der Waals surface area contributed by atoms with Crippen LogP contribution in [0.2, 0.25) is 0 Å². The summed E-state index contributed by atoms with van der Waals surface area (Å²) in [6, 6.07) is 15.9. The van der Waals surface area contributed by atoms with Gasteiger partial charge < -0.3 is 20.1 Å². The molecule has 178 valence electrons. The molecule has 5 atom stereocenters. The zero-order valence-corrected chi connectivity index (χ0v) is 19.4. The fourth-order valence-electron chi connectivity index (χ4n) is 5.76. The van der Waals surface area contributed by atoms with Crippen molar-refractivity contribution in [2.75, 3.05) is 19.7 Å². The molecule has 2 fully saturated rings. The van der Waals surface area contributed by atoms with Gasteiger partial charge in [0.2, 0.25) is 5.91 Å². The molecule has 0 spiro atoms. The Bertz CT molecular complexity index is 1090. The number of aliphatic carboxylic acids is 1. The summed E-state index contributed by atoms with van der Waals surface area (Å²) in [6.45, 7) is 4.88. The Balaban J connectivity index is 1.15. The van der Waals surface area contributed by atoms with Crippen molar-refractivity contribution in [2.45, 2.75) is 32.2 Å². The van der Waals surface area contributed by atoms with E-state index in [1.807, 2.05) is 24.3 Å². The van der Waals surface area contributed by atoms with Crippen LogP contribution in [0.25, 0.3) is 11.1 Å². The molecule has 1 saturated heterocycles. The van der Waals surface area contributed by atoms with E-state index in [2.05, 4.69) is 29.6 Å². The number of carbonyl (C=O) groups is 3. The lowest BCUT2D eigenvalue weighted by Gasteiger charge is -2.31. The van der Waals surface area contributed by atoms with Crippen LogP contribution < -0.4 is 5.32 Å². The Morgan fingerprint density at radius 1 is 1.03 bits per heavy atom. The Hall–Kier alpha value is -3.35. The van der Waals surface area contributed by atoms with E-state index < -0.39 is 24.0 Å². The van der Waals surface area contributed by atoms with E-state index in [9.17, 15) is 19.5 Å². The van der Waals surface area contributed by atoms with E-state index in [1.54, 1.807) is 18.7 Å². The Morgan fingerprint density at radius 2 is 1.65 bits per heavy atom. The van der Waals surface area contributed by atoms with Crippen LogP contribution in [-0.2, 0) is 14.3 Å². The van der Waals surface area contributed by atoms with Crippen molar-refractivity contribution < 1.29 is 24.2 Å². The number of rotatable bonds is 6. The van der Waals surface area contributed by atoms with Crippen LogP contribution in [0.1, 0.15) is 37.3 Å². The fraction of sp³-hybridized carbons (Fsp3) is 0.444. The first-order valence-corrected chi connectivity index (χ1v) is 12.0. The lowest BCUT2D eigenvalue weighted by atomic mass is 9.98. The summed E-state index contributed by atoms with van der Waals surface area (Å²) in [6.07, 6.45) is 0.190. The van der Waals surface area contributed by atoms with Crippen molar-refractivity contribution in [1.82, 2.24) is 10.2 Å². The summed E-state index contributed by atoms with van der Waals surface area (Å²) >= 11 is 0. The van der Waals surface area contributed by atoms with Gasteiger partial charge in [0.1, 0.15) is 6.61 Å². The molecule has 7 heteroatoms. The number of alkyl carbamates (subject to hydrolysis) is 1. The molecule has 0 aromatic heterocycles. The lowest BCUT2D eigenvalue weighted by molar-refractivity contribution is -0.140. The van der Waals surface area contributed by atoms with Gasteiger partial charge in [0.25, 0.3) is 0 Å². The number of carbonyl (C=O) groups excluding carboxylic acids is 2. The third-order valence-corrected chi connectivity index (χ3v) is 7.92. The molecule has 1 aliphatic heterocycles. The molecular weight excluding hydrogens is 432 g/mol. The number of nitrogens with zero attached hydrogens (tertiary/aromatic N) is 1. The SMILES string of the molecule is CC(NC(=O)OCC1c2ccccc2-c2ccccc21)C(C)C(=O)N1CCC2C(C1)C2C(=O)O. The van der Waals surface area contributed by atoms with E-state index >= 15 is 0 Å². The van der Waals surface area contributed by atoms with Gasteiger partial charge in [0, 0.05) is 25.0 Å². The highest BCUT2D eigenvalue weighted by Crippen LogP contribution is 2.51. The number of piperidine rings is 1. The molecule has 2 aromatic carbocycles. The molecule has 0 bridgehead atoms. The summed E-state index contributed by atoms with van der Waals surface area (Å²) in [5.74, 6) is -1.32. The topological polar surface area (TPSA) is 95.9 Å². The smallest absolute Gasteiger partial charge is 0.407 e. The molecule has 0 radical (unpaired) electrons. The van der Waals surface area contributed by atoms with Crippen molar-refractivity contribution in [3.8, 4) is 11.1 Å². The molecule has 2 aromatic rings. The van der Waals surface area contributed by atoms with Crippen LogP contribution in [0.3, 0.4) is 0 Å². The maximum Gasteiger partial charge on any atom is 0.407 e. The molecule has 2 aliphatic carbocycles. The van der Waals surface area contributed by atoms with Crippen LogP contribution in [0.5, 0.6) is 0 Å². The molecule has 7 nitrogen and oxygen atoms in total. The van der Waals surface area contributed by atoms with Gasteiger partial charge in [-0.1, -0.05) is 55.5 Å². The molecule has 5 unspecified atom stereocenters. The third kappa shape index (κ3) is 3.93. The minimum absolute atomic E-state index is 0.0190.